The molecule has 190 valence electrons. The number of rotatable bonds is 1. The first-order valence-electron chi connectivity index (χ1n) is 13.2. The normalized spacial score (nSPS) is 22.2. The Hall–Kier alpha value is -3.42. The molecule has 36 heavy (non-hydrogen) atoms. The van der Waals surface area contributed by atoms with Crippen molar-refractivity contribution in [1.82, 2.24) is 25.2 Å². The van der Waals surface area contributed by atoms with Gasteiger partial charge in [0.2, 0.25) is 0 Å². The molecule has 1 aromatic heterocycles. The maximum absolute atomic E-state index is 13.9. The second-order valence-corrected chi connectivity index (χ2v) is 10.0. The zero-order valence-corrected chi connectivity index (χ0v) is 21.0. The molecule has 2 amide bonds. The molecule has 0 unspecified atom stereocenters. The monoisotopic (exact) mass is 489 g/mol. The number of para-hydroxylation sites is 1. The second-order valence-electron chi connectivity index (χ2n) is 10.0. The average molecular weight is 490 g/mol. The number of ether oxygens (including phenoxy) is 1. The van der Waals surface area contributed by atoms with Crippen molar-refractivity contribution >= 4 is 22.8 Å². The summed E-state index contributed by atoms with van der Waals surface area (Å²) in [5, 5.41) is 10.9. The minimum absolute atomic E-state index is 0.00816. The Bertz CT molecular complexity index is 1210. The van der Waals surface area contributed by atoms with Crippen LogP contribution in [-0.2, 0) is 0 Å². The minimum Gasteiger partial charge on any atom is -0.487 e. The number of amides is 2. The van der Waals surface area contributed by atoms with E-state index in [1.807, 2.05) is 54.4 Å². The molecule has 0 radical (unpaired) electrons. The number of fused-ring (bicyclic) bond motifs is 3. The number of nitrogens with one attached hydrogen (secondary N) is 1. The third-order valence-corrected chi connectivity index (χ3v) is 7.53. The first-order valence-corrected chi connectivity index (χ1v) is 13.2. The fourth-order valence-corrected chi connectivity index (χ4v) is 5.51. The fraction of sp³-hybridized carbons (Fsp3) is 0.500. The maximum atomic E-state index is 13.9. The van der Waals surface area contributed by atoms with Gasteiger partial charge in [0.15, 0.2) is 0 Å². The van der Waals surface area contributed by atoms with Crippen molar-refractivity contribution in [2.24, 2.45) is 0 Å². The summed E-state index contributed by atoms with van der Waals surface area (Å²) in [6.07, 6.45) is 8.82. The van der Waals surface area contributed by atoms with E-state index in [1.54, 1.807) is 4.90 Å². The molecule has 8 nitrogen and oxygen atoms in total. The van der Waals surface area contributed by atoms with Crippen molar-refractivity contribution in [3.05, 3.63) is 53.6 Å². The van der Waals surface area contributed by atoms with Crippen LogP contribution in [0.1, 0.15) is 78.5 Å². The lowest BCUT2D eigenvalue weighted by atomic mass is 9.90. The highest BCUT2D eigenvalue weighted by Crippen LogP contribution is 2.31. The summed E-state index contributed by atoms with van der Waals surface area (Å²) in [5.74, 6) is 0.605. The zero-order valence-electron chi connectivity index (χ0n) is 21.0. The van der Waals surface area contributed by atoms with Crippen LogP contribution in [0.15, 0.2) is 42.5 Å². The van der Waals surface area contributed by atoms with E-state index in [4.69, 9.17) is 4.74 Å². The van der Waals surface area contributed by atoms with Crippen molar-refractivity contribution in [3.63, 3.8) is 0 Å². The lowest BCUT2D eigenvalue weighted by molar-refractivity contribution is 0.0270. The molecule has 5 rings (SSSR count). The molecule has 2 aliphatic rings. The Balaban J connectivity index is 1.48. The zero-order chi connectivity index (χ0) is 24.9. The number of nitrogens with zero attached hydrogens (tertiary/aromatic N) is 4. The van der Waals surface area contributed by atoms with Crippen molar-refractivity contribution < 1.29 is 14.3 Å². The van der Waals surface area contributed by atoms with E-state index in [0.29, 0.717) is 28.9 Å². The van der Waals surface area contributed by atoms with Gasteiger partial charge in [0.25, 0.3) is 11.8 Å². The lowest BCUT2D eigenvalue weighted by Gasteiger charge is -2.40. The van der Waals surface area contributed by atoms with Gasteiger partial charge in [-0.25, -0.2) is 0 Å². The molecule has 8 heteroatoms. The number of benzene rings is 2. The largest absolute Gasteiger partial charge is 0.487 e. The van der Waals surface area contributed by atoms with Crippen molar-refractivity contribution in [3.8, 4) is 5.75 Å². The van der Waals surface area contributed by atoms with Gasteiger partial charge in [0.05, 0.1) is 11.6 Å². The standard InChI is InChI=1S/C28H35N5O3/c1-32-17-9-3-2-4-10-18-33(27(34)20-15-16-22-23(19-20)30-31-29-22)24-12-6-8-14-26(24)36-25-13-7-5-11-21(25)28(32)35/h5,7,11,13,15-16,19,24,26H,2-4,6,8-10,12,14,17-18H2,1H3,(H,29,30,31)/t24-,26+/m1/s1. The highest BCUT2D eigenvalue weighted by molar-refractivity contribution is 5.98. The summed E-state index contributed by atoms with van der Waals surface area (Å²) in [6, 6.07) is 13.0. The summed E-state index contributed by atoms with van der Waals surface area (Å²) < 4.78 is 6.60. The number of aromatic amines is 1. The van der Waals surface area contributed by atoms with Crippen molar-refractivity contribution in [2.75, 3.05) is 20.1 Å². The molecule has 2 atom stereocenters. The highest BCUT2D eigenvalue weighted by Gasteiger charge is 2.35. The van der Waals surface area contributed by atoms with Gasteiger partial charge in [-0.05, 0) is 62.4 Å². The number of H-pyrrole nitrogens is 1. The third kappa shape index (κ3) is 5.22. The van der Waals surface area contributed by atoms with Gasteiger partial charge in [-0.15, -0.1) is 0 Å². The van der Waals surface area contributed by atoms with Gasteiger partial charge in [0.1, 0.15) is 22.9 Å². The van der Waals surface area contributed by atoms with Gasteiger partial charge < -0.3 is 14.5 Å². The smallest absolute Gasteiger partial charge is 0.257 e. The highest BCUT2D eigenvalue weighted by atomic mass is 16.5. The topological polar surface area (TPSA) is 91.4 Å². The summed E-state index contributed by atoms with van der Waals surface area (Å²) in [6.45, 7) is 1.43. The molecule has 1 aliphatic heterocycles. The quantitative estimate of drug-likeness (QED) is 0.529. The molecule has 2 aromatic carbocycles. The predicted octanol–water partition coefficient (Wildman–Crippen LogP) is 4.83. The Morgan fingerprint density at radius 3 is 2.56 bits per heavy atom. The van der Waals surface area contributed by atoms with E-state index in [2.05, 4.69) is 15.4 Å². The molecular formula is C28H35N5O3. The van der Waals surface area contributed by atoms with Crippen LogP contribution in [0, 0.1) is 0 Å². The molecule has 1 aliphatic carbocycles. The summed E-state index contributed by atoms with van der Waals surface area (Å²) in [4.78, 5) is 31.0. The van der Waals surface area contributed by atoms with Crippen LogP contribution in [0.2, 0.25) is 0 Å². The van der Waals surface area contributed by atoms with Crippen LogP contribution in [0.5, 0.6) is 5.75 Å². The van der Waals surface area contributed by atoms with Crippen LogP contribution in [0.25, 0.3) is 11.0 Å². The molecule has 1 N–H and O–H groups in total. The minimum atomic E-state index is -0.164. The number of carbonyl (C=O) groups is 2. The Morgan fingerprint density at radius 2 is 1.67 bits per heavy atom. The Morgan fingerprint density at radius 1 is 0.917 bits per heavy atom. The molecule has 1 saturated carbocycles. The fourth-order valence-electron chi connectivity index (χ4n) is 5.51. The van der Waals surface area contributed by atoms with Gasteiger partial charge in [-0.2, -0.15) is 15.4 Å². The van der Waals surface area contributed by atoms with Gasteiger partial charge in [-0.1, -0.05) is 37.8 Å². The van der Waals surface area contributed by atoms with Crippen LogP contribution in [0.4, 0.5) is 0 Å². The molecule has 0 spiro atoms. The summed E-state index contributed by atoms with van der Waals surface area (Å²) in [5.41, 5.74) is 2.64. The van der Waals surface area contributed by atoms with Crippen LogP contribution >= 0.6 is 0 Å². The van der Waals surface area contributed by atoms with E-state index in [9.17, 15) is 9.59 Å². The Labute approximate surface area is 212 Å². The van der Waals surface area contributed by atoms with Crippen molar-refractivity contribution in [2.45, 2.75) is 69.9 Å². The van der Waals surface area contributed by atoms with Crippen LogP contribution in [0.3, 0.4) is 0 Å². The molecule has 0 bridgehead atoms. The summed E-state index contributed by atoms with van der Waals surface area (Å²) >= 11 is 0. The van der Waals surface area contributed by atoms with E-state index >= 15 is 0 Å². The molecular weight excluding hydrogens is 454 g/mol. The maximum Gasteiger partial charge on any atom is 0.257 e. The summed E-state index contributed by atoms with van der Waals surface area (Å²) in [7, 11) is 1.87. The van der Waals surface area contributed by atoms with Crippen LogP contribution in [-0.4, -0.2) is 69.3 Å². The molecule has 0 saturated heterocycles. The second kappa shape index (κ2) is 11.1. The Kier molecular flexibility index (Phi) is 7.49. The van der Waals surface area contributed by atoms with Crippen LogP contribution < -0.4 is 4.74 Å². The SMILES string of the molecule is CN1CCCCCCCN(C(=O)c2ccc3n[nH]nc3c2)[C@@H]2CCCC[C@@H]2Oc2ccccc2C1=O. The molecule has 2 heterocycles. The van der Waals surface area contributed by atoms with Gasteiger partial charge in [0, 0.05) is 25.7 Å². The molecule has 1 fully saturated rings. The molecule has 3 aromatic rings. The predicted molar refractivity (Wildman–Crippen MR) is 138 cm³/mol. The van der Waals surface area contributed by atoms with Gasteiger partial charge >= 0.3 is 0 Å². The third-order valence-electron chi connectivity index (χ3n) is 7.53. The van der Waals surface area contributed by atoms with E-state index in [0.717, 1.165) is 69.8 Å². The number of hydrogen-bond donors (Lipinski definition) is 1. The first-order chi connectivity index (χ1) is 17.6. The van der Waals surface area contributed by atoms with E-state index in [-0.39, 0.29) is 24.0 Å². The first kappa shape index (κ1) is 24.3. The van der Waals surface area contributed by atoms with Crippen molar-refractivity contribution in [1.29, 1.82) is 0 Å². The average Bonchev–Trinajstić information content (AvgIpc) is 3.38. The van der Waals surface area contributed by atoms with E-state index < -0.39 is 0 Å². The number of carbonyl (C=O) groups excluding carboxylic acids is 2. The lowest BCUT2D eigenvalue weighted by Crippen LogP contribution is -2.51. The van der Waals surface area contributed by atoms with E-state index in [1.165, 1.54) is 0 Å². The number of hydrogen-bond acceptors (Lipinski definition) is 5. The van der Waals surface area contributed by atoms with Gasteiger partial charge in [-0.3, -0.25) is 9.59 Å². The number of aromatic nitrogens is 3.